The van der Waals surface area contributed by atoms with Crippen LogP contribution in [0.4, 0.5) is 0 Å². The molecule has 10 aromatic rings. The van der Waals surface area contributed by atoms with Crippen molar-refractivity contribution in [3.05, 3.63) is 216 Å². The van der Waals surface area contributed by atoms with Gasteiger partial charge in [-0.2, -0.15) is 0 Å². The van der Waals surface area contributed by atoms with Gasteiger partial charge in [-0.3, -0.25) is 0 Å². The van der Waals surface area contributed by atoms with Crippen LogP contribution in [-0.4, -0.2) is 0 Å². The summed E-state index contributed by atoms with van der Waals surface area (Å²) in [5.41, 5.74) is 12.3. The van der Waals surface area contributed by atoms with Crippen molar-refractivity contribution in [2.24, 2.45) is 0 Å². The highest BCUT2D eigenvalue weighted by Gasteiger charge is 2.46. The van der Waals surface area contributed by atoms with Crippen LogP contribution >= 0.6 is 0 Å². The topological polar surface area (TPSA) is 0 Å². The molecule has 1 aliphatic rings. The second-order valence-corrected chi connectivity index (χ2v) is 14.0. The Morgan fingerprint density at radius 3 is 1.55 bits per heavy atom. The zero-order chi connectivity index (χ0) is 33.5. The Morgan fingerprint density at radius 2 is 0.824 bits per heavy atom. The summed E-state index contributed by atoms with van der Waals surface area (Å²) in [6.07, 6.45) is 0. The molecule has 0 atom stereocenters. The van der Waals surface area contributed by atoms with Crippen LogP contribution in [0.15, 0.2) is 194 Å². The summed E-state index contributed by atoms with van der Waals surface area (Å²) in [7, 11) is 0. The van der Waals surface area contributed by atoms with Crippen molar-refractivity contribution in [2.45, 2.75) is 5.41 Å². The Bertz CT molecular complexity index is 2880. The first kappa shape index (κ1) is 28.3. The molecular formula is C51H32. The van der Waals surface area contributed by atoms with Gasteiger partial charge in [0.25, 0.3) is 0 Å². The maximum atomic E-state index is 2.50. The number of hydrogen-bond acceptors (Lipinski definition) is 0. The van der Waals surface area contributed by atoms with E-state index >= 15 is 0 Å². The second-order valence-electron chi connectivity index (χ2n) is 14.0. The summed E-state index contributed by atoms with van der Waals surface area (Å²) < 4.78 is 0. The molecule has 0 nitrogen and oxygen atoms in total. The van der Waals surface area contributed by atoms with E-state index in [1.807, 2.05) is 0 Å². The zero-order valence-corrected chi connectivity index (χ0v) is 28.0. The van der Waals surface area contributed by atoms with E-state index < -0.39 is 5.41 Å². The minimum Gasteiger partial charge on any atom is -0.0622 e. The van der Waals surface area contributed by atoms with E-state index in [1.54, 1.807) is 0 Å². The Hall–Kier alpha value is -6.50. The second kappa shape index (κ2) is 10.7. The molecule has 51 heavy (non-hydrogen) atoms. The molecule has 0 aromatic heterocycles. The van der Waals surface area contributed by atoms with Gasteiger partial charge >= 0.3 is 0 Å². The maximum Gasteiger partial charge on any atom is 0.0714 e. The lowest BCUT2D eigenvalue weighted by Crippen LogP contribution is -2.28. The van der Waals surface area contributed by atoms with Crippen molar-refractivity contribution in [1.82, 2.24) is 0 Å². The van der Waals surface area contributed by atoms with Gasteiger partial charge in [-0.15, -0.1) is 0 Å². The molecule has 11 rings (SSSR count). The lowest BCUT2D eigenvalue weighted by Gasteiger charge is -2.34. The SMILES string of the molecule is c1ccc(-c2cccc3cc4c(cc23)-c2ccc(-c3ccc5ccc6cccc7ccc3c5c67)cc2C4(c2ccccc2)c2ccccc2)cc1. The molecule has 0 saturated heterocycles. The minimum absolute atomic E-state index is 0.496. The largest absolute Gasteiger partial charge is 0.0714 e. The van der Waals surface area contributed by atoms with E-state index in [0.29, 0.717) is 0 Å². The number of rotatable bonds is 4. The van der Waals surface area contributed by atoms with E-state index in [2.05, 4.69) is 194 Å². The van der Waals surface area contributed by atoms with Crippen molar-refractivity contribution in [3.63, 3.8) is 0 Å². The third kappa shape index (κ3) is 3.96. The fourth-order valence-electron chi connectivity index (χ4n) is 9.28. The molecule has 10 aromatic carbocycles. The van der Waals surface area contributed by atoms with Crippen molar-refractivity contribution in [1.29, 1.82) is 0 Å². The maximum absolute atomic E-state index is 2.50. The fourth-order valence-corrected chi connectivity index (χ4v) is 9.28. The van der Waals surface area contributed by atoms with Gasteiger partial charge in [0.15, 0.2) is 0 Å². The Morgan fingerprint density at radius 1 is 0.275 bits per heavy atom. The molecule has 0 fully saturated rings. The molecule has 0 bridgehead atoms. The van der Waals surface area contributed by atoms with Crippen LogP contribution in [-0.2, 0) is 5.41 Å². The molecule has 0 heterocycles. The zero-order valence-electron chi connectivity index (χ0n) is 28.0. The van der Waals surface area contributed by atoms with E-state index in [-0.39, 0.29) is 0 Å². The first-order valence-corrected chi connectivity index (χ1v) is 17.8. The van der Waals surface area contributed by atoms with Crippen molar-refractivity contribution in [2.75, 3.05) is 0 Å². The van der Waals surface area contributed by atoms with Gasteiger partial charge in [-0.25, -0.2) is 0 Å². The van der Waals surface area contributed by atoms with Gasteiger partial charge in [0, 0.05) is 0 Å². The van der Waals surface area contributed by atoms with E-state index in [9.17, 15) is 0 Å². The molecule has 0 saturated carbocycles. The van der Waals surface area contributed by atoms with Crippen LogP contribution in [0.3, 0.4) is 0 Å². The quantitative estimate of drug-likeness (QED) is 0.167. The van der Waals surface area contributed by atoms with Gasteiger partial charge in [0.05, 0.1) is 5.41 Å². The Labute approximate surface area is 297 Å². The average Bonchev–Trinajstić information content (AvgIpc) is 3.49. The average molecular weight is 645 g/mol. The van der Waals surface area contributed by atoms with Gasteiger partial charge in [-0.05, 0) is 117 Å². The fraction of sp³-hybridized carbons (Fsp3) is 0.0196. The highest BCUT2D eigenvalue weighted by molar-refractivity contribution is 6.25. The van der Waals surface area contributed by atoms with E-state index in [4.69, 9.17) is 0 Å². The molecule has 236 valence electrons. The Balaban J connectivity index is 1.24. The van der Waals surface area contributed by atoms with E-state index in [0.717, 1.165) is 0 Å². The molecule has 0 heteroatoms. The lowest BCUT2D eigenvalue weighted by atomic mass is 9.67. The minimum atomic E-state index is -0.496. The smallest absolute Gasteiger partial charge is 0.0622 e. The molecule has 0 amide bonds. The molecule has 0 unspecified atom stereocenters. The van der Waals surface area contributed by atoms with Crippen molar-refractivity contribution >= 4 is 43.1 Å². The Kier molecular flexibility index (Phi) is 5.97. The third-order valence-electron chi connectivity index (χ3n) is 11.5. The van der Waals surface area contributed by atoms with Crippen molar-refractivity contribution in [3.8, 4) is 33.4 Å². The first-order valence-electron chi connectivity index (χ1n) is 17.8. The number of hydrogen-bond donors (Lipinski definition) is 0. The summed E-state index contributed by atoms with van der Waals surface area (Å²) >= 11 is 0. The van der Waals surface area contributed by atoms with Crippen LogP contribution < -0.4 is 0 Å². The van der Waals surface area contributed by atoms with Crippen LogP contribution in [0.5, 0.6) is 0 Å². The first-order chi connectivity index (χ1) is 25.3. The standard InChI is InChI=1S/C51H32/c1-4-12-33(13-5-1)41-21-11-16-37-30-48-46(32-45(37)41)43-28-26-38(31-47(43)51(48,39-17-6-2-7-18-39)40-19-8-3-9-20-40)42-27-24-36-23-22-34-14-10-15-35-25-29-44(42)50(36)49(34)35/h1-32H. The summed E-state index contributed by atoms with van der Waals surface area (Å²) in [4.78, 5) is 0. The summed E-state index contributed by atoms with van der Waals surface area (Å²) in [6, 6.07) is 72.5. The summed E-state index contributed by atoms with van der Waals surface area (Å²) in [6.45, 7) is 0. The molecule has 0 aliphatic heterocycles. The predicted octanol–water partition coefficient (Wildman–Crippen LogP) is 13.4. The summed E-state index contributed by atoms with van der Waals surface area (Å²) in [5, 5.41) is 10.4. The van der Waals surface area contributed by atoms with Crippen LogP contribution in [0.25, 0.3) is 76.5 Å². The molecule has 0 N–H and O–H groups in total. The number of fused-ring (bicyclic) bond motifs is 4. The molecule has 0 radical (unpaired) electrons. The normalized spacial score (nSPS) is 13.3. The van der Waals surface area contributed by atoms with Crippen LogP contribution in [0, 0.1) is 0 Å². The van der Waals surface area contributed by atoms with Gasteiger partial charge < -0.3 is 0 Å². The van der Waals surface area contributed by atoms with Gasteiger partial charge in [0.2, 0.25) is 0 Å². The highest BCUT2D eigenvalue weighted by atomic mass is 14.5. The highest BCUT2D eigenvalue weighted by Crippen LogP contribution is 2.58. The van der Waals surface area contributed by atoms with Gasteiger partial charge in [-0.1, -0.05) is 176 Å². The van der Waals surface area contributed by atoms with E-state index in [1.165, 1.54) is 98.7 Å². The lowest BCUT2D eigenvalue weighted by molar-refractivity contribution is 0.770. The molecule has 1 aliphatic carbocycles. The van der Waals surface area contributed by atoms with Gasteiger partial charge in [0.1, 0.15) is 0 Å². The third-order valence-corrected chi connectivity index (χ3v) is 11.5. The molecule has 0 spiro atoms. The van der Waals surface area contributed by atoms with Crippen LogP contribution in [0.1, 0.15) is 22.3 Å². The van der Waals surface area contributed by atoms with Crippen LogP contribution in [0.2, 0.25) is 0 Å². The number of benzene rings is 10. The molecular weight excluding hydrogens is 613 g/mol. The van der Waals surface area contributed by atoms with Crippen molar-refractivity contribution < 1.29 is 0 Å². The monoisotopic (exact) mass is 644 g/mol. The predicted molar refractivity (Wildman–Crippen MR) is 216 cm³/mol. The summed E-state index contributed by atoms with van der Waals surface area (Å²) in [5.74, 6) is 0.